The molecule has 1 saturated carbocycles. The topological polar surface area (TPSA) is 43.4 Å². The summed E-state index contributed by atoms with van der Waals surface area (Å²) in [5.74, 6) is 2.06. The first kappa shape index (κ1) is 17.3. The van der Waals surface area contributed by atoms with E-state index >= 15 is 0 Å². The minimum atomic E-state index is 0. The first-order valence-electron chi connectivity index (χ1n) is 6.83. The Morgan fingerprint density at radius 1 is 1.30 bits per heavy atom. The third kappa shape index (κ3) is 3.90. The molecule has 0 amide bonds. The highest BCUT2D eigenvalue weighted by Crippen LogP contribution is 2.30. The normalized spacial score (nSPS) is 24.4. The van der Waals surface area contributed by atoms with E-state index in [0.29, 0.717) is 24.5 Å². The van der Waals surface area contributed by atoms with Crippen LogP contribution < -0.4 is 14.8 Å². The van der Waals surface area contributed by atoms with Gasteiger partial charge in [0.05, 0.1) is 0 Å². The SMILES string of the molecule is C[C@H]1CCC[C@@H]1Oc1ccc2c(n1)OCCNC2.Cl.Cl. The van der Waals surface area contributed by atoms with Crippen molar-refractivity contribution < 1.29 is 9.47 Å². The summed E-state index contributed by atoms with van der Waals surface area (Å²) in [5, 5.41) is 3.30. The molecule has 1 aliphatic heterocycles. The lowest BCUT2D eigenvalue weighted by Gasteiger charge is -2.17. The zero-order valence-electron chi connectivity index (χ0n) is 11.6. The van der Waals surface area contributed by atoms with Crippen LogP contribution >= 0.6 is 24.8 Å². The molecule has 6 heteroatoms. The molecule has 1 fully saturated rings. The minimum Gasteiger partial charge on any atom is -0.476 e. The van der Waals surface area contributed by atoms with Crippen LogP contribution in [0.25, 0.3) is 0 Å². The first-order chi connectivity index (χ1) is 8.83. The van der Waals surface area contributed by atoms with Crippen molar-refractivity contribution in [3.05, 3.63) is 17.7 Å². The summed E-state index contributed by atoms with van der Waals surface area (Å²) in [4.78, 5) is 4.49. The lowest BCUT2D eigenvalue weighted by Crippen LogP contribution is -2.19. The predicted molar refractivity (Wildman–Crippen MR) is 83.4 cm³/mol. The van der Waals surface area contributed by atoms with E-state index in [2.05, 4.69) is 23.3 Å². The van der Waals surface area contributed by atoms with Crippen molar-refractivity contribution in [3.8, 4) is 11.8 Å². The maximum Gasteiger partial charge on any atom is 0.221 e. The van der Waals surface area contributed by atoms with Gasteiger partial charge in [0.2, 0.25) is 11.8 Å². The monoisotopic (exact) mass is 320 g/mol. The molecule has 1 N–H and O–H groups in total. The Bertz CT molecular complexity index is 432. The van der Waals surface area contributed by atoms with E-state index in [-0.39, 0.29) is 24.8 Å². The number of halogens is 2. The van der Waals surface area contributed by atoms with Crippen molar-refractivity contribution >= 4 is 24.8 Å². The van der Waals surface area contributed by atoms with Gasteiger partial charge in [-0.15, -0.1) is 24.8 Å². The van der Waals surface area contributed by atoms with Crippen molar-refractivity contribution in [1.29, 1.82) is 0 Å². The highest BCUT2D eigenvalue weighted by atomic mass is 35.5. The third-order valence-electron chi connectivity index (χ3n) is 3.80. The van der Waals surface area contributed by atoms with Gasteiger partial charge in [0.25, 0.3) is 0 Å². The number of nitrogens with zero attached hydrogens (tertiary/aromatic N) is 1. The van der Waals surface area contributed by atoms with E-state index in [9.17, 15) is 0 Å². The van der Waals surface area contributed by atoms with Gasteiger partial charge in [-0.2, -0.15) is 4.98 Å². The number of nitrogens with one attached hydrogen (secondary N) is 1. The highest BCUT2D eigenvalue weighted by molar-refractivity contribution is 5.85. The molecule has 114 valence electrons. The second-order valence-corrected chi connectivity index (χ2v) is 5.20. The number of aromatic nitrogens is 1. The molecule has 2 aliphatic rings. The van der Waals surface area contributed by atoms with Gasteiger partial charge < -0.3 is 14.8 Å². The van der Waals surface area contributed by atoms with Crippen molar-refractivity contribution in [2.75, 3.05) is 13.2 Å². The fraction of sp³-hybridized carbons (Fsp3) is 0.643. The van der Waals surface area contributed by atoms with Gasteiger partial charge in [-0.3, -0.25) is 0 Å². The molecule has 0 saturated heterocycles. The van der Waals surface area contributed by atoms with Crippen LogP contribution in [0.5, 0.6) is 11.8 Å². The van der Waals surface area contributed by atoms with Gasteiger partial charge in [0, 0.05) is 24.7 Å². The van der Waals surface area contributed by atoms with Crippen LogP contribution in [-0.4, -0.2) is 24.2 Å². The van der Waals surface area contributed by atoms with Gasteiger partial charge in [-0.1, -0.05) is 6.92 Å². The van der Waals surface area contributed by atoms with Gasteiger partial charge in [-0.05, 0) is 31.2 Å². The largest absolute Gasteiger partial charge is 0.476 e. The minimum absolute atomic E-state index is 0. The molecule has 4 nitrogen and oxygen atoms in total. The van der Waals surface area contributed by atoms with Crippen LogP contribution in [0.1, 0.15) is 31.7 Å². The molecule has 0 radical (unpaired) electrons. The van der Waals surface area contributed by atoms with E-state index < -0.39 is 0 Å². The molecule has 1 aromatic rings. The van der Waals surface area contributed by atoms with Gasteiger partial charge >= 0.3 is 0 Å². The third-order valence-corrected chi connectivity index (χ3v) is 3.80. The maximum atomic E-state index is 5.98. The second-order valence-electron chi connectivity index (χ2n) is 5.20. The summed E-state index contributed by atoms with van der Waals surface area (Å²) in [6, 6.07) is 4.01. The number of ether oxygens (including phenoxy) is 2. The molecule has 1 aromatic heterocycles. The van der Waals surface area contributed by atoms with E-state index in [1.807, 2.05) is 6.07 Å². The molecule has 20 heavy (non-hydrogen) atoms. The summed E-state index contributed by atoms with van der Waals surface area (Å²) in [7, 11) is 0. The average Bonchev–Trinajstić information content (AvgIpc) is 2.65. The van der Waals surface area contributed by atoms with Crippen LogP contribution in [0.15, 0.2) is 12.1 Å². The standard InChI is InChI=1S/C14H20N2O2.2ClH/c1-10-3-2-4-12(10)18-13-6-5-11-9-15-7-8-17-14(11)16-13;;/h5-6,10,12,15H,2-4,7-9H2,1H3;2*1H/t10-,12-;;/m0../s1. The zero-order chi connectivity index (χ0) is 12.4. The lowest BCUT2D eigenvalue weighted by atomic mass is 10.1. The van der Waals surface area contributed by atoms with Gasteiger partial charge in [-0.25, -0.2) is 0 Å². The molecule has 0 spiro atoms. The molecule has 2 atom stereocenters. The molecule has 2 heterocycles. The summed E-state index contributed by atoms with van der Waals surface area (Å²) in [5.41, 5.74) is 1.11. The molecule has 3 rings (SSSR count). The first-order valence-corrected chi connectivity index (χ1v) is 6.83. The quantitative estimate of drug-likeness (QED) is 0.909. The number of pyridine rings is 1. The number of fused-ring (bicyclic) bond motifs is 1. The summed E-state index contributed by atoms with van der Waals surface area (Å²) < 4.78 is 11.6. The molecule has 0 unspecified atom stereocenters. The Kier molecular flexibility index (Phi) is 6.86. The smallest absolute Gasteiger partial charge is 0.221 e. The maximum absolute atomic E-state index is 5.98. The number of hydrogen-bond donors (Lipinski definition) is 1. The van der Waals surface area contributed by atoms with Gasteiger partial charge in [0.15, 0.2) is 0 Å². The van der Waals surface area contributed by atoms with Gasteiger partial charge in [0.1, 0.15) is 12.7 Å². The Hall–Kier alpha value is -0.710. The molecular weight excluding hydrogens is 299 g/mol. The summed E-state index contributed by atoms with van der Waals surface area (Å²) in [6.07, 6.45) is 3.98. The highest BCUT2D eigenvalue weighted by Gasteiger charge is 2.25. The van der Waals surface area contributed by atoms with E-state index in [0.717, 1.165) is 31.0 Å². The zero-order valence-corrected chi connectivity index (χ0v) is 13.3. The average molecular weight is 321 g/mol. The van der Waals surface area contributed by atoms with Crippen LogP contribution in [0, 0.1) is 5.92 Å². The Morgan fingerprint density at radius 2 is 2.15 bits per heavy atom. The summed E-state index contributed by atoms with van der Waals surface area (Å²) >= 11 is 0. The molecule has 0 aromatic carbocycles. The Labute approximate surface area is 132 Å². The van der Waals surface area contributed by atoms with Crippen LogP contribution in [0.3, 0.4) is 0 Å². The van der Waals surface area contributed by atoms with Crippen molar-refractivity contribution in [2.24, 2.45) is 5.92 Å². The molecule has 0 bridgehead atoms. The van der Waals surface area contributed by atoms with Crippen LogP contribution in [-0.2, 0) is 6.54 Å². The lowest BCUT2D eigenvalue weighted by molar-refractivity contribution is 0.158. The van der Waals surface area contributed by atoms with Crippen LogP contribution in [0.2, 0.25) is 0 Å². The second kappa shape index (κ2) is 7.91. The predicted octanol–water partition coefficient (Wildman–Crippen LogP) is 2.97. The van der Waals surface area contributed by atoms with Crippen molar-refractivity contribution in [2.45, 2.75) is 38.8 Å². The Balaban J connectivity index is 0.000001000. The Morgan fingerprint density at radius 3 is 2.90 bits per heavy atom. The van der Waals surface area contributed by atoms with E-state index in [1.54, 1.807) is 0 Å². The summed E-state index contributed by atoms with van der Waals surface area (Å²) in [6.45, 7) is 4.61. The van der Waals surface area contributed by atoms with Crippen molar-refractivity contribution in [3.63, 3.8) is 0 Å². The molecular formula is C14H22Cl2N2O2. The van der Waals surface area contributed by atoms with E-state index in [4.69, 9.17) is 9.47 Å². The van der Waals surface area contributed by atoms with Crippen molar-refractivity contribution in [1.82, 2.24) is 10.3 Å². The van der Waals surface area contributed by atoms with Crippen LogP contribution in [0.4, 0.5) is 0 Å². The fourth-order valence-corrected chi connectivity index (χ4v) is 2.66. The van der Waals surface area contributed by atoms with E-state index in [1.165, 1.54) is 12.8 Å². The fourth-order valence-electron chi connectivity index (χ4n) is 2.66. The molecule has 1 aliphatic carbocycles. The number of rotatable bonds is 2. The number of hydrogen-bond acceptors (Lipinski definition) is 4.